The van der Waals surface area contributed by atoms with Crippen LogP contribution < -0.4 is 19.3 Å². The number of phenols is 1. The number of aromatic nitrogens is 2. The van der Waals surface area contributed by atoms with E-state index < -0.39 is 0 Å². The summed E-state index contributed by atoms with van der Waals surface area (Å²) in [6.45, 7) is 11.6. The number of hydrogen-bond acceptors (Lipinski definition) is 10. The van der Waals surface area contributed by atoms with Gasteiger partial charge in [-0.1, -0.05) is 56.3 Å². The fraction of sp³-hybridized carbons (Fsp3) is 0.405. The Morgan fingerprint density at radius 2 is 1.89 bits per heavy atom. The molecular weight excluding hydrogens is 718 g/mol. The smallest absolute Gasteiger partial charge is 0.318 e. The summed E-state index contributed by atoms with van der Waals surface area (Å²) in [5.74, 6) is 0.917. The van der Waals surface area contributed by atoms with Gasteiger partial charge in [0.05, 0.1) is 55.1 Å². The van der Waals surface area contributed by atoms with Gasteiger partial charge in [-0.25, -0.2) is 0 Å². The molecule has 7 rings (SSSR count). The highest BCUT2D eigenvalue weighted by Crippen LogP contribution is 2.38. The molecule has 0 saturated carbocycles. The summed E-state index contributed by atoms with van der Waals surface area (Å²) in [4.78, 5) is 44.2. The number of methoxy groups -OCH3 is 1. The van der Waals surface area contributed by atoms with E-state index in [0.29, 0.717) is 63.1 Å². The Bertz CT molecular complexity index is 2170. The molecule has 2 unspecified atom stereocenters. The molecular formula is C42H46ClN7O5. The van der Waals surface area contributed by atoms with Crippen LogP contribution in [0.2, 0.25) is 5.02 Å². The Hall–Kier alpha value is -5.54. The average molecular weight is 764 g/mol. The number of hydrogen-bond donors (Lipinski definition) is 1. The quantitative estimate of drug-likeness (QED) is 0.182. The van der Waals surface area contributed by atoms with Gasteiger partial charge in [-0.2, -0.15) is 15.2 Å². The first kappa shape index (κ1) is 37.8. The van der Waals surface area contributed by atoms with E-state index in [2.05, 4.69) is 40.6 Å². The number of nitriles is 1. The maximum Gasteiger partial charge on any atom is 0.318 e. The van der Waals surface area contributed by atoms with Crippen LogP contribution in [0.5, 0.6) is 17.5 Å². The van der Waals surface area contributed by atoms with Gasteiger partial charge in [-0.15, -0.1) is 0 Å². The second-order valence-corrected chi connectivity index (χ2v) is 15.1. The third-order valence-corrected chi connectivity index (χ3v) is 11.3. The van der Waals surface area contributed by atoms with E-state index in [1.165, 1.54) is 12.1 Å². The minimum atomic E-state index is -0.319. The van der Waals surface area contributed by atoms with Crippen molar-refractivity contribution in [3.05, 3.63) is 88.6 Å². The number of phenolic OH excluding ortho intramolecular Hbond substituents is 1. The first-order valence-corrected chi connectivity index (χ1v) is 19.2. The fourth-order valence-corrected chi connectivity index (χ4v) is 8.37. The van der Waals surface area contributed by atoms with Gasteiger partial charge in [0, 0.05) is 67.9 Å². The molecule has 0 bridgehead atoms. The molecule has 2 amide bonds. The number of rotatable bonds is 10. The topological polar surface area (TPSA) is 135 Å². The number of fused-ring (bicyclic) bond motifs is 2. The van der Waals surface area contributed by atoms with Crippen LogP contribution in [0.1, 0.15) is 59.8 Å². The maximum atomic E-state index is 13.6. The summed E-state index contributed by atoms with van der Waals surface area (Å²) in [5, 5.41) is 23.1. The highest BCUT2D eigenvalue weighted by Gasteiger charge is 2.34. The molecule has 0 spiro atoms. The lowest BCUT2D eigenvalue weighted by molar-refractivity contribution is -0.128. The number of benzene rings is 3. The molecule has 4 heterocycles. The van der Waals surface area contributed by atoms with Gasteiger partial charge in [0.15, 0.2) is 0 Å². The lowest BCUT2D eigenvalue weighted by atomic mass is 9.98. The Morgan fingerprint density at radius 3 is 2.64 bits per heavy atom. The molecule has 4 aromatic rings. The number of likely N-dealkylation sites (tertiary alicyclic amines) is 1. The predicted molar refractivity (Wildman–Crippen MR) is 212 cm³/mol. The van der Waals surface area contributed by atoms with Gasteiger partial charge >= 0.3 is 6.01 Å². The van der Waals surface area contributed by atoms with Crippen molar-refractivity contribution in [2.45, 2.75) is 51.6 Å². The molecule has 2 atom stereocenters. The lowest BCUT2D eigenvalue weighted by Crippen LogP contribution is -2.55. The number of piperazine rings is 1. The largest absolute Gasteiger partial charge is 0.507 e. The van der Waals surface area contributed by atoms with Gasteiger partial charge in [-0.3, -0.25) is 9.59 Å². The van der Waals surface area contributed by atoms with Crippen LogP contribution in [0, 0.1) is 17.2 Å². The predicted octanol–water partition coefficient (Wildman–Crippen LogP) is 6.34. The first-order chi connectivity index (χ1) is 26.6. The molecule has 12 nitrogen and oxygen atoms in total. The molecule has 0 aliphatic carbocycles. The molecule has 3 aromatic carbocycles. The van der Waals surface area contributed by atoms with E-state index in [-0.39, 0.29) is 53.4 Å². The number of amides is 2. The first-order valence-electron chi connectivity index (χ1n) is 18.8. The molecule has 3 aliphatic rings. The van der Waals surface area contributed by atoms with Crippen molar-refractivity contribution in [3.63, 3.8) is 0 Å². The van der Waals surface area contributed by atoms with Gasteiger partial charge in [0.2, 0.25) is 5.91 Å². The molecule has 1 N–H and O–H groups in total. The number of carbonyl (C=O) groups is 2. The van der Waals surface area contributed by atoms with Gasteiger partial charge in [0.25, 0.3) is 5.91 Å². The van der Waals surface area contributed by atoms with Crippen molar-refractivity contribution in [1.82, 2.24) is 19.8 Å². The van der Waals surface area contributed by atoms with Gasteiger partial charge in [-0.05, 0) is 54.0 Å². The molecule has 2 saturated heterocycles. The van der Waals surface area contributed by atoms with Gasteiger partial charge < -0.3 is 34.2 Å². The van der Waals surface area contributed by atoms with Crippen LogP contribution in [-0.2, 0) is 17.8 Å². The minimum Gasteiger partial charge on any atom is -0.507 e. The van der Waals surface area contributed by atoms with E-state index in [1.54, 1.807) is 23.0 Å². The summed E-state index contributed by atoms with van der Waals surface area (Å²) >= 11 is 6.75. The minimum absolute atomic E-state index is 0.0276. The monoisotopic (exact) mass is 763 g/mol. The third-order valence-electron chi connectivity index (χ3n) is 11.0. The zero-order chi connectivity index (χ0) is 38.8. The SMILES string of the molecule is C=CC(=O)N1CCN(c2nc(OCC3CCN(C(=O)c4cc(C(C)C)c(OC)cc4O)C3)nc3c2CCN(c2cccc4cccc(Cl)c24)C3)CC1CC#N. The normalized spacial score (nSPS) is 18.3. The highest BCUT2D eigenvalue weighted by atomic mass is 35.5. The maximum absolute atomic E-state index is 13.6. The van der Waals surface area contributed by atoms with Crippen molar-refractivity contribution in [1.29, 1.82) is 5.26 Å². The van der Waals surface area contributed by atoms with Crippen LogP contribution in [0.25, 0.3) is 10.8 Å². The van der Waals surface area contributed by atoms with Crippen LogP contribution in [0.3, 0.4) is 0 Å². The van der Waals surface area contributed by atoms with E-state index in [9.17, 15) is 20.0 Å². The fourth-order valence-electron chi connectivity index (χ4n) is 8.10. The summed E-state index contributed by atoms with van der Waals surface area (Å²) < 4.78 is 11.8. The molecule has 3 aliphatic heterocycles. The summed E-state index contributed by atoms with van der Waals surface area (Å²) in [7, 11) is 1.55. The van der Waals surface area contributed by atoms with Crippen molar-refractivity contribution in [3.8, 4) is 23.6 Å². The number of aromatic hydroxyl groups is 1. The molecule has 1 aromatic heterocycles. The number of halogens is 1. The van der Waals surface area contributed by atoms with Crippen LogP contribution >= 0.6 is 11.6 Å². The molecule has 55 heavy (non-hydrogen) atoms. The van der Waals surface area contributed by atoms with E-state index >= 15 is 0 Å². The molecule has 2 fully saturated rings. The van der Waals surface area contributed by atoms with Crippen LogP contribution in [0.15, 0.2) is 61.2 Å². The summed E-state index contributed by atoms with van der Waals surface area (Å²) in [5.41, 5.74) is 4.01. The number of ether oxygens (including phenoxy) is 2. The second kappa shape index (κ2) is 16.1. The van der Waals surface area contributed by atoms with Crippen molar-refractivity contribution in [2.75, 3.05) is 62.8 Å². The average Bonchev–Trinajstić information content (AvgIpc) is 3.68. The Balaban J connectivity index is 1.14. The van der Waals surface area contributed by atoms with Crippen LogP contribution in [-0.4, -0.2) is 95.7 Å². The number of carbonyl (C=O) groups excluding carboxylic acids is 2. The highest BCUT2D eigenvalue weighted by molar-refractivity contribution is 6.36. The summed E-state index contributed by atoms with van der Waals surface area (Å²) in [6.07, 6.45) is 2.89. The Morgan fingerprint density at radius 1 is 1.09 bits per heavy atom. The Labute approximate surface area is 326 Å². The zero-order valence-electron chi connectivity index (χ0n) is 31.5. The van der Waals surface area contributed by atoms with Crippen molar-refractivity contribution < 1.29 is 24.2 Å². The Kier molecular flexibility index (Phi) is 11.0. The number of nitrogens with zero attached hydrogens (tertiary/aromatic N) is 7. The molecule has 13 heteroatoms. The molecule has 286 valence electrons. The summed E-state index contributed by atoms with van der Waals surface area (Å²) in [6, 6.07) is 17.5. The zero-order valence-corrected chi connectivity index (χ0v) is 32.3. The van der Waals surface area contributed by atoms with E-state index in [1.807, 2.05) is 32.0 Å². The lowest BCUT2D eigenvalue weighted by Gasteiger charge is -2.42. The molecule has 0 radical (unpaired) electrons. The van der Waals surface area contributed by atoms with Crippen LogP contribution in [0.4, 0.5) is 11.5 Å². The van der Waals surface area contributed by atoms with E-state index in [0.717, 1.165) is 52.1 Å². The van der Waals surface area contributed by atoms with Crippen molar-refractivity contribution in [2.24, 2.45) is 5.92 Å². The van der Waals surface area contributed by atoms with Crippen molar-refractivity contribution >= 4 is 45.7 Å². The third kappa shape index (κ3) is 7.58. The van der Waals surface area contributed by atoms with Gasteiger partial charge in [0.1, 0.15) is 17.3 Å². The van der Waals surface area contributed by atoms with E-state index in [4.69, 9.17) is 31.0 Å². The second-order valence-electron chi connectivity index (χ2n) is 14.7. The number of anilines is 2. The standard InChI is InChI=1S/C42H46ClN7O5/c1-5-38(52)50-19-18-48(23-29(50)12-15-44)40-30-14-17-47(35-11-7-9-28-8-6-10-33(43)39(28)35)24-34(30)45-42(46-40)55-25-27-13-16-49(22-27)41(53)32-20-31(26(2)3)37(54-4)21-36(32)51/h5-11,20-21,26-27,29,51H,1,12-14,16-19,22-25H2,2-4H3.